The Labute approximate surface area is 193 Å². The third-order valence-electron chi connectivity index (χ3n) is 5.95. The molecule has 33 heavy (non-hydrogen) atoms. The molecule has 1 saturated heterocycles. The van der Waals surface area contributed by atoms with E-state index in [2.05, 4.69) is 22.3 Å². The molecule has 0 aliphatic carbocycles. The van der Waals surface area contributed by atoms with Crippen LogP contribution >= 0.6 is 0 Å². The van der Waals surface area contributed by atoms with Crippen molar-refractivity contribution in [2.45, 2.75) is 38.5 Å². The van der Waals surface area contributed by atoms with E-state index in [4.69, 9.17) is 4.74 Å². The molecule has 0 atom stereocenters. The fraction of sp³-hybridized carbons (Fsp3) is 0.435. The summed E-state index contributed by atoms with van der Waals surface area (Å²) in [7, 11) is -1.74. The summed E-state index contributed by atoms with van der Waals surface area (Å²) >= 11 is 0. The first-order valence-electron chi connectivity index (χ1n) is 11.0. The molecule has 0 unspecified atom stereocenters. The van der Waals surface area contributed by atoms with Gasteiger partial charge in [-0.3, -0.25) is 4.79 Å². The average Bonchev–Trinajstić information content (AvgIpc) is 3.08. The van der Waals surface area contributed by atoms with Gasteiger partial charge in [0.05, 0.1) is 10.3 Å². The fourth-order valence-electron chi connectivity index (χ4n) is 4.07. The molecule has 176 valence electrons. The number of carbonyl (C=O) groups is 1. The number of benzene rings is 1. The maximum absolute atomic E-state index is 12.8. The van der Waals surface area contributed by atoms with Crippen LogP contribution in [0.15, 0.2) is 35.2 Å². The summed E-state index contributed by atoms with van der Waals surface area (Å²) in [6.45, 7) is 6.85. The number of nitrogens with one attached hydrogen (secondary N) is 1. The molecule has 3 heterocycles. The van der Waals surface area contributed by atoms with E-state index < -0.39 is 10.0 Å². The van der Waals surface area contributed by atoms with Crippen molar-refractivity contribution in [2.24, 2.45) is 13.0 Å². The topological polar surface area (TPSA) is 106 Å². The number of hydrogen-bond acceptors (Lipinski definition) is 6. The molecule has 0 radical (unpaired) electrons. The highest BCUT2D eigenvalue weighted by atomic mass is 32.2. The van der Waals surface area contributed by atoms with Crippen molar-refractivity contribution in [3.8, 4) is 5.88 Å². The van der Waals surface area contributed by atoms with Gasteiger partial charge in [-0.2, -0.15) is 4.31 Å². The van der Waals surface area contributed by atoms with Crippen LogP contribution in [0.2, 0.25) is 0 Å². The smallest absolute Gasteiger partial charge is 0.262 e. The predicted octanol–water partition coefficient (Wildman–Crippen LogP) is 3.02. The maximum Gasteiger partial charge on any atom is 0.262 e. The van der Waals surface area contributed by atoms with E-state index >= 15 is 0 Å². The SMILES string of the molecule is Cc1cc(C)c2c(OCC(=O)Nc3ccc(S(=O)(=O)N4CCC(C)CC4)cc3)nn(C)c2n1. The lowest BCUT2D eigenvalue weighted by atomic mass is 10.0. The van der Waals surface area contributed by atoms with Gasteiger partial charge < -0.3 is 10.1 Å². The lowest BCUT2D eigenvalue weighted by Crippen LogP contribution is -2.37. The molecule has 10 heteroatoms. The largest absolute Gasteiger partial charge is 0.466 e. The van der Waals surface area contributed by atoms with Gasteiger partial charge in [0.2, 0.25) is 15.9 Å². The van der Waals surface area contributed by atoms with Crippen molar-refractivity contribution >= 4 is 32.7 Å². The number of hydrogen-bond donors (Lipinski definition) is 1. The molecule has 3 aromatic rings. The summed E-state index contributed by atoms with van der Waals surface area (Å²) in [5, 5.41) is 7.85. The predicted molar refractivity (Wildman–Crippen MR) is 126 cm³/mol. The number of piperidine rings is 1. The van der Waals surface area contributed by atoms with Crippen LogP contribution in [0.4, 0.5) is 5.69 Å². The summed E-state index contributed by atoms with van der Waals surface area (Å²) in [5.41, 5.74) is 3.05. The summed E-state index contributed by atoms with van der Waals surface area (Å²) in [4.78, 5) is 17.1. The second-order valence-electron chi connectivity index (χ2n) is 8.66. The summed E-state index contributed by atoms with van der Waals surface area (Å²) in [6, 6.07) is 8.16. The van der Waals surface area contributed by atoms with Crippen LogP contribution in [0.25, 0.3) is 11.0 Å². The molecule has 4 rings (SSSR count). The molecule has 1 aliphatic rings. The first-order chi connectivity index (χ1) is 15.6. The van der Waals surface area contributed by atoms with Gasteiger partial charge in [0.15, 0.2) is 12.3 Å². The third-order valence-corrected chi connectivity index (χ3v) is 7.86. The molecule has 1 N–H and O–H groups in total. The highest BCUT2D eigenvalue weighted by Crippen LogP contribution is 2.27. The number of carbonyl (C=O) groups excluding carboxylic acids is 1. The van der Waals surface area contributed by atoms with Crippen molar-refractivity contribution in [1.82, 2.24) is 19.1 Å². The number of nitrogens with zero attached hydrogens (tertiary/aromatic N) is 4. The van der Waals surface area contributed by atoms with Crippen molar-refractivity contribution in [2.75, 3.05) is 25.0 Å². The van der Waals surface area contributed by atoms with Gasteiger partial charge >= 0.3 is 0 Å². The fourth-order valence-corrected chi connectivity index (χ4v) is 5.54. The number of pyridine rings is 1. The van der Waals surface area contributed by atoms with Gasteiger partial charge in [0, 0.05) is 31.5 Å². The minimum atomic E-state index is -3.52. The van der Waals surface area contributed by atoms with Crippen LogP contribution in [-0.2, 0) is 21.9 Å². The van der Waals surface area contributed by atoms with Crippen LogP contribution in [0, 0.1) is 19.8 Å². The van der Waals surface area contributed by atoms with Gasteiger partial charge in [-0.05, 0) is 68.5 Å². The molecular formula is C23H29N5O4S. The molecule has 0 bridgehead atoms. The van der Waals surface area contributed by atoms with Crippen molar-refractivity contribution < 1.29 is 17.9 Å². The van der Waals surface area contributed by atoms with E-state index in [1.807, 2.05) is 19.9 Å². The molecule has 0 saturated carbocycles. The van der Waals surface area contributed by atoms with Crippen LogP contribution in [0.1, 0.15) is 31.0 Å². The standard InChI is InChI=1S/C23H29N5O4S/c1-15-9-11-28(12-10-15)33(30,31)19-7-5-18(6-8-19)25-20(29)14-32-23-21-16(2)13-17(3)24-22(21)27(4)26-23/h5-8,13,15H,9-12,14H2,1-4H3,(H,25,29). The summed E-state index contributed by atoms with van der Waals surface area (Å²) in [6.07, 6.45) is 1.74. The first-order valence-corrected chi connectivity index (χ1v) is 12.4. The summed E-state index contributed by atoms with van der Waals surface area (Å²) < 4.78 is 34.5. The Bertz CT molecular complexity index is 1280. The quantitative estimate of drug-likeness (QED) is 0.592. The zero-order valence-electron chi connectivity index (χ0n) is 19.3. The minimum absolute atomic E-state index is 0.226. The van der Waals surface area contributed by atoms with Crippen LogP contribution in [0.5, 0.6) is 5.88 Å². The second-order valence-corrected chi connectivity index (χ2v) is 10.6. The van der Waals surface area contributed by atoms with Crippen LogP contribution in [-0.4, -0.2) is 53.1 Å². The number of sulfonamides is 1. The number of aromatic nitrogens is 3. The molecule has 9 nitrogen and oxygen atoms in total. The van der Waals surface area contributed by atoms with Crippen molar-refractivity contribution in [3.63, 3.8) is 0 Å². The Morgan fingerprint density at radius 1 is 1.18 bits per heavy atom. The number of aryl methyl sites for hydroxylation is 3. The van der Waals surface area contributed by atoms with Gasteiger partial charge in [-0.1, -0.05) is 6.92 Å². The van der Waals surface area contributed by atoms with Gasteiger partial charge in [0.25, 0.3) is 5.91 Å². The average molecular weight is 472 g/mol. The molecule has 1 fully saturated rings. The highest BCUT2D eigenvalue weighted by Gasteiger charge is 2.28. The van der Waals surface area contributed by atoms with E-state index in [0.717, 1.165) is 29.5 Å². The molecular weight excluding hydrogens is 442 g/mol. The first kappa shape index (κ1) is 23.2. The molecule has 1 aromatic carbocycles. The van der Waals surface area contributed by atoms with E-state index in [1.165, 1.54) is 16.4 Å². The molecule has 1 aliphatic heterocycles. The number of rotatable bonds is 6. The van der Waals surface area contributed by atoms with Crippen molar-refractivity contribution in [3.05, 3.63) is 41.6 Å². The lowest BCUT2D eigenvalue weighted by Gasteiger charge is -2.29. The van der Waals surface area contributed by atoms with E-state index in [-0.39, 0.29) is 17.4 Å². The second kappa shape index (κ2) is 9.11. The summed E-state index contributed by atoms with van der Waals surface area (Å²) in [5.74, 6) is 0.529. The number of ether oxygens (including phenoxy) is 1. The minimum Gasteiger partial charge on any atom is -0.466 e. The highest BCUT2D eigenvalue weighted by molar-refractivity contribution is 7.89. The Morgan fingerprint density at radius 2 is 1.85 bits per heavy atom. The Balaban J connectivity index is 1.39. The zero-order valence-corrected chi connectivity index (χ0v) is 20.1. The normalized spacial score (nSPS) is 15.6. The molecule has 0 spiro atoms. The van der Waals surface area contributed by atoms with Gasteiger partial charge in [-0.15, -0.1) is 5.10 Å². The lowest BCUT2D eigenvalue weighted by molar-refractivity contribution is -0.118. The van der Waals surface area contributed by atoms with Gasteiger partial charge in [0.1, 0.15) is 0 Å². The van der Waals surface area contributed by atoms with E-state index in [9.17, 15) is 13.2 Å². The third kappa shape index (κ3) is 4.86. The Kier molecular flexibility index (Phi) is 6.40. The van der Waals surface area contributed by atoms with Crippen LogP contribution in [0.3, 0.4) is 0 Å². The number of anilines is 1. The van der Waals surface area contributed by atoms with Gasteiger partial charge in [-0.25, -0.2) is 18.1 Å². The number of amides is 1. The van der Waals surface area contributed by atoms with Crippen LogP contribution < -0.4 is 10.1 Å². The Hall–Kier alpha value is -2.98. The number of fused-ring (bicyclic) bond motifs is 1. The monoisotopic (exact) mass is 471 g/mol. The maximum atomic E-state index is 12.8. The van der Waals surface area contributed by atoms with E-state index in [1.54, 1.807) is 23.9 Å². The van der Waals surface area contributed by atoms with E-state index in [0.29, 0.717) is 36.2 Å². The Morgan fingerprint density at radius 3 is 2.52 bits per heavy atom. The van der Waals surface area contributed by atoms with Crippen molar-refractivity contribution in [1.29, 1.82) is 0 Å². The zero-order chi connectivity index (χ0) is 23.8. The molecule has 1 amide bonds. The molecule has 2 aromatic heterocycles.